The van der Waals surface area contributed by atoms with Gasteiger partial charge < -0.3 is 14.6 Å². The molecule has 28 heavy (non-hydrogen) atoms. The summed E-state index contributed by atoms with van der Waals surface area (Å²) in [5.41, 5.74) is 1.77. The van der Waals surface area contributed by atoms with Crippen molar-refractivity contribution < 1.29 is 14.0 Å². The molecular weight excluding hydrogens is 352 g/mol. The SMILES string of the molecule is O=C(NC1CCCCC1)C1CCCN(C(=O)c2occc2-c2ccccc2)C1. The highest BCUT2D eigenvalue weighted by Crippen LogP contribution is 2.28. The van der Waals surface area contributed by atoms with E-state index in [9.17, 15) is 9.59 Å². The molecule has 0 bridgehead atoms. The zero-order chi connectivity index (χ0) is 19.3. The maximum Gasteiger partial charge on any atom is 0.290 e. The van der Waals surface area contributed by atoms with E-state index in [0.717, 1.165) is 36.8 Å². The monoisotopic (exact) mass is 380 g/mol. The van der Waals surface area contributed by atoms with Crippen molar-refractivity contribution in [3.05, 3.63) is 48.4 Å². The van der Waals surface area contributed by atoms with Crippen LogP contribution >= 0.6 is 0 Å². The van der Waals surface area contributed by atoms with E-state index in [4.69, 9.17) is 4.42 Å². The third-order valence-electron chi connectivity index (χ3n) is 5.98. The van der Waals surface area contributed by atoms with Gasteiger partial charge in [-0.2, -0.15) is 0 Å². The van der Waals surface area contributed by atoms with Gasteiger partial charge in [0.05, 0.1) is 12.2 Å². The molecule has 5 nitrogen and oxygen atoms in total. The number of hydrogen-bond donors (Lipinski definition) is 1. The first kappa shape index (κ1) is 18.8. The summed E-state index contributed by atoms with van der Waals surface area (Å²) in [6.45, 7) is 1.13. The van der Waals surface area contributed by atoms with Gasteiger partial charge in [0.2, 0.25) is 5.91 Å². The number of nitrogens with one attached hydrogen (secondary N) is 1. The van der Waals surface area contributed by atoms with Crippen molar-refractivity contribution in [2.45, 2.75) is 51.0 Å². The molecule has 2 heterocycles. The average molecular weight is 380 g/mol. The first-order chi connectivity index (χ1) is 13.7. The lowest BCUT2D eigenvalue weighted by Crippen LogP contribution is -2.48. The highest BCUT2D eigenvalue weighted by molar-refractivity contribution is 5.98. The molecular formula is C23H28N2O3. The van der Waals surface area contributed by atoms with Crippen molar-refractivity contribution >= 4 is 11.8 Å². The van der Waals surface area contributed by atoms with E-state index in [0.29, 0.717) is 24.9 Å². The van der Waals surface area contributed by atoms with Crippen molar-refractivity contribution in [3.8, 4) is 11.1 Å². The maximum absolute atomic E-state index is 13.1. The van der Waals surface area contributed by atoms with Gasteiger partial charge in [-0.05, 0) is 37.3 Å². The molecule has 1 aliphatic carbocycles. The van der Waals surface area contributed by atoms with Crippen LogP contribution in [0.1, 0.15) is 55.5 Å². The Balaban J connectivity index is 1.43. The molecule has 2 aliphatic rings. The fourth-order valence-electron chi connectivity index (χ4n) is 4.41. The van der Waals surface area contributed by atoms with Gasteiger partial charge in [-0.1, -0.05) is 49.6 Å². The van der Waals surface area contributed by atoms with Gasteiger partial charge in [0.1, 0.15) is 0 Å². The molecule has 2 fully saturated rings. The lowest BCUT2D eigenvalue weighted by molar-refractivity contribution is -0.127. The predicted molar refractivity (Wildman–Crippen MR) is 108 cm³/mol. The average Bonchev–Trinajstić information content (AvgIpc) is 3.24. The summed E-state index contributed by atoms with van der Waals surface area (Å²) in [5, 5.41) is 3.22. The second-order valence-corrected chi connectivity index (χ2v) is 7.96. The number of likely N-dealkylation sites (tertiary alicyclic amines) is 1. The number of furan rings is 1. The quantitative estimate of drug-likeness (QED) is 0.863. The molecule has 1 aliphatic heterocycles. The first-order valence-corrected chi connectivity index (χ1v) is 10.4. The van der Waals surface area contributed by atoms with Crippen LogP contribution in [0.5, 0.6) is 0 Å². The van der Waals surface area contributed by atoms with E-state index in [-0.39, 0.29) is 17.7 Å². The Morgan fingerprint density at radius 2 is 1.75 bits per heavy atom. The van der Waals surface area contributed by atoms with Crippen LogP contribution in [-0.2, 0) is 4.79 Å². The zero-order valence-electron chi connectivity index (χ0n) is 16.2. The molecule has 1 aromatic heterocycles. The molecule has 2 amide bonds. The summed E-state index contributed by atoms with van der Waals surface area (Å²) in [4.78, 5) is 27.6. The third kappa shape index (κ3) is 4.13. The Kier molecular flexibility index (Phi) is 5.79. The van der Waals surface area contributed by atoms with E-state index in [1.165, 1.54) is 19.3 Å². The molecule has 1 unspecified atom stereocenters. The van der Waals surface area contributed by atoms with Crippen LogP contribution in [0.4, 0.5) is 0 Å². The Hall–Kier alpha value is -2.56. The Bertz CT molecular complexity index is 808. The second-order valence-electron chi connectivity index (χ2n) is 7.96. The minimum absolute atomic E-state index is 0.104. The van der Waals surface area contributed by atoms with Crippen LogP contribution in [0.25, 0.3) is 11.1 Å². The summed E-state index contributed by atoms with van der Waals surface area (Å²) in [6.07, 6.45) is 9.06. The number of nitrogens with zero attached hydrogens (tertiary/aromatic N) is 1. The number of amides is 2. The van der Waals surface area contributed by atoms with Gasteiger partial charge >= 0.3 is 0 Å². The number of piperidine rings is 1. The van der Waals surface area contributed by atoms with E-state index >= 15 is 0 Å². The van der Waals surface area contributed by atoms with E-state index < -0.39 is 0 Å². The molecule has 2 aromatic rings. The van der Waals surface area contributed by atoms with Gasteiger partial charge in [-0.3, -0.25) is 9.59 Å². The summed E-state index contributed by atoms with van der Waals surface area (Å²) in [6, 6.07) is 11.9. The van der Waals surface area contributed by atoms with E-state index in [1.807, 2.05) is 36.4 Å². The van der Waals surface area contributed by atoms with Gasteiger partial charge in [-0.25, -0.2) is 0 Å². The molecule has 0 spiro atoms. The maximum atomic E-state index is 13.1. The minimum atomic E-state index is -0.130. The Morgan fingerprint density at radius 1 is 0.964 bits per heavy atom. The van der Waals surface area contributed by atoms with Crippen LogP contribution in [-0.4, -0.2) is 35.8 Å². The van der Waals surface area contributed by atoms with E-state index in [2.05, 4.69) is 5.32 Å². The number of benzene rings is 1. The fraction of sp³-hybridized carbons (Fsp3) is 0.478. The molecule has 1 atom stereocenters. The summed E-state index contributed by atoms with van der Waals surface area (Å²) < 4.78 is 5.56. The first-order valence-electron chi connectivity index (χ1n) is 10.4. The smallest absolute Gasteiger partial charge is 0.290 e. The summed E-state index contributed by atoms with van der Waals surface area (Å²) >= 11 is 0. The molecule has 4 rings (SSSR count). The minimum Gasteiger partial charge on any atom is -0.459 e. The van der Waals surface area contributed by atoms with Crippen molar-refractivity contribution in [1.82, 2.24) is 10.2 Å². The van der Waals surface area contributed by atoms with Gasteiger partial charge in [0, 0.05) is 24.7 Å². The van der Waals surface area contributed by atoms with Crippen molar-refractivity contribution in [3.63, 3.8) is 0 Å². The van der Waals surface area contributed by atoms with E-state index in [1.54, 1.807) is 11.2 Å². The molecule has 1 aromatic carbocycles. The second kappa shape index (κ2) is 8.63. The molecule has 1 saturated carbocycles. The highest BCUT2D eigenvalue weighted by Gasteiger charge is 2.32. The molecule has 1 saturated heterocycles. The highest BCUT2D eigenvalue weighted by atomic mass is 16.3. The number of carbonyl (C=O) groups is 2. The van der Waals surface area contributed by atoms with Crippen molar-refractivity contribution in [1.29, 1.82) is 0 Å². The van der Waals surface area contributed by atoms with Crippen LogP contribution < -0.4 is 5.32 Å². The van der Waals surface area contributed by atoms with Crippen molar-refractivity contribution in [2.75, 3.05) is 13.1 Å². The van der Waals surface area contributed by atoms with Crippen LogP contribution in [0, 0.1) is 5.92 Å². The molecule has 1 N–H and O–H groups in total. The molecule has 5 heteroatoms. The number of hydrogen-bond acceptors (Lipinski definition) is 3. The number of rotatable bonds is 4. The normalized spacial score (nSPS) is 20.7. The van der Waals surface area contributed by atoms with Crippen LogP contribution in [0.2, 0.25) is 0 Å². The van der Waals surface area contributed by atoms with Gasteiger partial charge in [0.15, 0.2) is 5.76 Å². The Labute approximate surface area is 166 Å². The molecule has 0 radical (unpaired) electrons. The topological polar surface area (TPSA) is 62.6 Å². The summed E-state index contributed by atoms with van der Waals surface area (Å²) in [7, 11) is 0. The zero-order valence-corrected chi connectivity index (χ0v) is 16.2. The third-order valence-corrected chi connectivity index (χ3v) is 5.98. The predicted octanol–water partition coefficient (Wildman–Crippen LogP) is 4.25. The van der Waals surface area contributed by atoms with Crippen LogP contribution in [0.15, 0.2) is 47.1 Å². The molecule has 148 valence electrons. The lowest BCUT2D eigenvalue weighted by atomic mass is 9.93. The van der Waals surface area contributed by atoms with Gasteiger partial charge in [0.25, 0.3) is 5.91 Å². The number of carbonyl (C=O) groups excluding carboxylic acids is 2. The van der Waals surface area contributed by atoms with Crippen molar-refractivity contribution in [2.24, 2.45) is 5.92 Å². The summed E-state index contributed by atoms with van der Waals surface area (Å²) in [5.74, 6) is 0.209. The largest absolute Gasteiger partial charge is 0.459 e. The van der Waals surface area contributed by atoms with Gasteiger partial charge in [-0.15, -0.1) is 0 Å². The lowest BCUT2D eigenvalue weighted by Gasteiger charge is -2.33. The van der Waals surface area contributed by atoms with Crippen LogP contribution in [0.3, 0.4) is 0 Å². The Morgan fingerprint density at radius 3 is 2.54 bits per heavy atom. The fourth-order valence-corrected chi connectivity index (χ4v) is 4.41. The standard InChI is InChI=1S/C23H28N2O3/c26-22(24-19-11-5-2-6-12-19)18-10-7-14-25(16-18)23(27)21-20(13-15-28-21)17-8-3-1-4-9-17/h1,3-4,8-9,13,15,18-19H,2,5-7,10-12,14,16H2,(H,24,26).